The van der Waals surface area contributed by atoms with Crippen molar-refractivity contribution in [1.82, 2.24) is 0 Å². The second-order valence-electron chi connectivity index (χ2n) is 6.05. The zero-order chi connectivity index (χ0) is 17.4. The van der Waals surface area contributed by atoms with Crippen molar-refractivity contribution >= 4 is 21.7 Å². The first kappa shape index (κ1) is 18.7. The zero-order valence-electron chi connectivity index (χ0n) is 14.5. The predicted molar refractivity (Wildman–Crippen MR) is 104 cm³/mol. The Kier molecular flexibility index (Phi) is 7.51. The van der Waals surface area contributed by atoms with Gasteiger partial charge in [0, 0.05) is 16.5 Å². The molecule has 0 aromatic heterocycles. The largest absolute Gasteiger partial charge is 0.494 e. The molecule has 0 bridgehead atoms. The minimum Gasteiger partial charge on any atom is -0.494 e. The van der Waals surface area contributed by atoms with Crippen LogP contribution in [0.3, 0.4) is 0 Å². The summed E-state index contributed by atoms with van der Waals surface area (Å²) >= 11 is 3.44. The van der Waals surface area contributed by atoms with Gasteiger partial charge in [0.05, 0.1) is 6.61 Å². The Morgan fingerprint density at radius 3 is 2.38 bits per heavy atom. The fourth-order valence-corrected chi connectivity index (χ4v) is 2.99. The number of benzene rings is 2. The molecular weight excluding hydrogens is 364 g/mol. The number of alkyl halides is 1. The van der Waals surface area contributed by atoms with Gasteiger partial charge in [-0.05, 0) is 62.1 Å². The van der Waals surface area contributed by atoms with Crippen LogP contribution in [0.4, 0.5) is 0 Å². The average molecular weight is 389 g/mol. The van der Waals surface area contributed by atoms with E-state index in [9.17, 15) is 4.79 Å². The Balaban J connectivity index is 1.92. The lowest BCUT2D eigenvalue weighted by atomic mass is 9.96. The highest BCUT2D eigenvalue weighted by Crippen LogP contribution is 2.19. The van der Waals surface area contributed by atoms with Gasteiger partial charge in [0.15, 0.2) is 5.78 Å². The van der Waals surface area contributed by atoms with Crippen molar-refractivity contribution < 1.29 is 9.53 Å². The lowest BCUT2D eigenvalue weighted by Gasteiger charge is -2.09. The van der Waals surface area contributed by atoms with Crippen LogP contribution in [0, 0.1) is 13.8 Å². The number of unbranched alkanes of at least 4 members (excludes halogenated alkanes) is 3. The number of hydrogen-bond acceptors (Lipinski definition) is 2. The number of aryl methyl sites for hydroxylation is 1. The summed E-state index contributed by atoms with van der Waals surface area (Å²) < 4.78 is 5.75. The van der Waals surface area contributed by atoms with E-state index in [4.69, 9.17) is 4.74 Å². The summed E-state index contributed by atoms with van der Waals surface area (Å²) in [5.74, 6) is 0.894. The molecule has 0 atom stereocenters. The van der Waals surface area contributed by atoms with Gasteiger partial charge in [0.25, 0.3) is 0 Å². The van der Waals surface area contributed by atoms with Crippen LogP contribution in [-0.4, -0.2) is 17.7 Å². The molecule has 0 aliphatic heterocycles. The molecule has 0 aliphatic rings. The third-order valence-corrected chi connectivity index (χ3v) is 4.82. The van der Waals surface area contributed by atoms with E-state index in [0.717, 1.165) is 40.8 Å². The van der Waals surface area contributed by atoms with Crippen LogP contribution in [-0.2, 0) is 0 Å². The Bertz CT molecular complexity index is 662. The van der Waals surface area contributed by atoms with Crippen LogP contribution in [0.2, 0.25) is 0 Å². The maximum Gasteiger partial charge on any atom is 0.193 e. The molecule has 24 heavy (non-hydrogen) atoms. The fourth-order valence-electron chi connectivity index (χ4n) is 2.60. The van der Waals surface area contributed by atoms with E-state index in [2.05, 4.69) is 15.9 Å². The number of ether oxygens (including phenoxy) is 1. The Hall–Kier alpha value is -1.61. The lowest BCUT2D eigenvalue weighted by molar-refractivity contribution is 0.103. The molecule has 0 unspecified atom stereocenters. The highest BCUT2D eigenvalue weighted by atomic mass is 79.9. The molecule has 0 radical (unpaired) electrons. The quantitative estimate of drug-likeness (QED) is 0.305. The Morgan fingerprint density at radius 1 is 0.958 bits per heavy atom. The number of carbonyl (C=O) groups excluding carboxylic acids is 1. The van der Waals surface area contributed by atoms with Gasteiger partial charge in [-0.1, -0.05) is 47.0 Å². The Morgan fingerprint density at radius 2 is 1.67 bits per heavy atom. The minimum absolute atomic E-state index is 0.0672. The molecule has 2 rings (SSSR count). The molecule has 0 aliphatic carbocycles. The van der Waals surface area contributed by atoms with Gasteiger partial charge >= 0.3 is 0 Å². The van der Waals surface area contributed by atoms with Gasteiger partial charge in [-0.15, -0.1) is 0 Å². The molecular formula is C21H25BrO2. The molecule has 128 valence electrons. The second-order valence-corrected chi connectivity index (χ2v) is 6.85. The summed E-state index contributed by atoms with van der Waals surface area (Å²) in [6.45, 7) is 4.75. The van der Waals surface area contributed by atoms with Crippen molar-refractivity contribution in [3.8, 4) is 5.75 Å². The average Bonchev–Trinajstić information content (AvgIpc) is 2.60. The molecule has 0 amide bonds. The molecule has 3 heteroatoms. The molecule has 0 heterocycles. The SMILES string of the molecule is Cc1cccc(C(=O)c2ccc(OCCCCCCBr)cc2)c1C. The number of hydrogen-bond donors (Lipinski definition) is 0. The maximum absolute atomic E-state index is 12.6. The highest BCUT2D eigenvalue weighted by Gasteiger charge is 2.12. The van der Waals surface area contributed by atoms with Gasteiger partial charge < -0.3 is 4.74 Å². The molecule has 0 saturated carbocycles. The van der Waals surface area contributed by atoms with Crippen molar-refractivity contribution in [3.63, 3.8) is 0 Å². The summed E-state index contributed by atoms with van der Waals surface area (Å²) in [5, 5.41) is 1.07. The standard InChI is InChI=1S/C21H25BrO2/c1-16-8-7-9-20(17(16)2)21(23)18-10-12-19(13-11-18)24-15-6-4-3-5-14-22/h7-13H,3-6,14-15H2,1-2H3. The van der Waals surface area contributed by atoms with E-state index in [1.165, 1.54) is 19.3 Å². The van der Waals surface area contributed by atoms with Crippen molar-refractivity contribution in [2.24, 2.45) is 0 Å². The van der Waals surface area contributed by atoms with Gasteiger partial charge in [-0.2, -0.15) is 0 Å². The van der Waals surface area contributed by atoms with Crippen LogP contribution in [0.15, 0.2) is 42.5 Å². The third-order valence-electron chi connectivity index (χ3n) is 4.26. The topological polar surface area (TPSA) is 26.3 Å². The maximum atomic E-state index is 12.6. The van der Waals surface area contributed by atoms with E-state index in [-0.39, 0.29) is 5.78 Å². The van der Waals surface area contributed by atoms with Gasteiger partial charge in [0.1, 0.15) is 5.75 Å². The van der Waals surface area contributed by atoms with E-state index in [1.54, 1.807) is 0 Å². The number of halogens is 1. The number of carbonyl (C=O) groups is 1. The van der Waals surface area contributed by atoms with Crippen LogP contribution in [0.1, 0.15) is 52.7 Å². The van der Waals surface area contributed by atoms with Crippen LogP contribution in [0.25, 0.3) is 0 Å². The number of ketones is 1. The summed E-state index contributed by atoms with van der Waals surface area (Å²) in [6.07, 6.45) is 4.71. The van der Waals surface area contributed by atoms with Crippen molar-refractivity contribution in [2.45, 2.75) is 39.5 Å². The fraction of sp³-hybridized carbons (Fsp3) is 0.381. The molecule has 2 aromatic rings. The molecule has 0 spiro atoms. The number of rotatable bonds is 9. The summed E-state index contributed by atoms with van der Waals surface area (Å²) in [7, 11) is 0. The van der Waals surface area contributed by atoms with E-state index < -0.39 is 0 Å². The summed E-state index contributed by atoms with van der Waals surface area (Å²) in [4.78, 5) is 12.6. The molecule has 2 aromatic carbocycles. The molecule has 0 N–H and O–H groups in total. The smallest absolute Gasteiger partial charge is 0.193 e. The Labute approximate surface area is 153 Å². The van der Waals surface area contributed by atoms with Crippen molar-refractivity contribution in [3.05, 3.63) is 64.7 Å². The normalized spacial score (nSPS) is 10.6. The minimum atomic E-state index is 0.0672. The van der Waals surface area contributed by atoms with E-state index in [1.807, 2.05) is 56.3 Å². The van der Waals surface area contributed by atoms with Crippen LogP contribution < -0.4 is 4.74 Å². The zero-order valence-corrected chi connectivity index (χ0v) is 16.1. The van der Waals surface area contributed by atoms with Gasteiger partial charge in [-0.25, -0.2) is 0 Å². The van der Waals surface area contributed by atoms with Gasteiger partial charge in [-0.3, -0.25) is 4.79 Å². The molecule has 2 nitrogen and oxygen atoms in total. The summed E-state index contributed by atoms with van der Waals surface area (Å²) in [5.41, 5.74) is 3.66. The second kappa shape index (κ2) is 9.63. The predicted octanol–water partition coefficient (Wildman–Crippen LogP) is 5.87. The van der Waals surface area contributed by atoms with Crippen molar-refractivity contribution in [1.29, 1.82) is 0 Å². The third kappa shape index (κ3) is 5.20. The first-order chi connectivity index (χ1) is 11.6. The first-order valence-corrected chi connectivity index (χ1v) is 9.65. The summed E-state index contributed by atoms with van der Waals surface area (Å²) in [6, 6.07) is 13.3. The lowest BCUT2D eigenvalue weighted by Crippen LogP contribution is -2.05. The highest BCUT2D eigenvalue weighted by molar-refractivity contribution is 9.09. The van der Waals surface area contributed by atoms with Gasteiger partial charge in [0.2, 0.25) is 0 Å². The molecule has 0 fully saturated rings. The van der Waals surface area contributed by atoms with E-state index in [0.29, 0.717) is 5.56 Å². The van der Waals surface area contributed by atoms with E-state index >= 15 is 0 Å². The van der Waals surface area contributed by atoms with Crippen LogP contribution >= 0.6 is 15.9 Å². The first-order valence-electron chi connectivity index (χ1n) is 8.53. The van der Waals surface area contributed by atoms with Crippen molar-refractivity contribution in [2.75, 3.05) is 11.9 Å². The monoisotopic (exact) mass is 388 g/mol. The molecule has 0 saturated heterocycles. The van der Waals surface area contributed by atoms with Crippen LogP contribution in [0.5, 0.6) is 5.75 Å².